The van der Waals surface area contributed by atoms with Crippen LogP contribution in [-0.4, -0.2) is 43.1 Å². The lowest BCUT2D eigenvalue weighted by Crippen LogP contribution is -2.43. The first-order valence-corrected chi connectivity index (χ1v) is 11.3. The van der Waals surface area contributed by atoms with Gasteiger partial charge in [0.25, 0.3) is 11.8 Å². The van der Waals surface area contributed by atoms with Crippen molar-refractivity contribution in [2.75, 3.05) is 20.4 Å². The molecule has 1 aliphatic heterocycles. The molecule has 0 saturated heterocycles. The molecular weight excluding hydrogens is 422 g/mol. The minimum atomic E-state index is -0.570. The molecule has 0 saturated carbocycles. The van der Waals surface area contributed by atoms with Gasteiger partial charge < -0.3 is 14.2 Å². The molecule has 0 radical (unpaired) electrons. The molecule has 0 bridgehead atoms. The third-order valence-corrected chi connectivity index (χ3v) is 5.99. The van der Waals surface area contributed by atoms with Crippen LogP contribution in [0.25, 0.3) is 10.8 Å². The number of carbonyl (C=O) groups is 3. The maximum atomic E-state index is 13.4. The number of rotatable bonds is 11. The smallest absolute Gasteiger partial charge is 0.335 e. The molecule has 7 nitrogen and oxygen atoms in total. The summed E-state index contributed by atoms with van der Waals surface area (Å²) in [5.41, 5.74) is 1.11. The molecule has 1 unspecified atom stereocenters. The molecule has 1 heterocycles. The van der Waals surface area contributed by atoms with Crippen molar-refractivity contribution >= 4 is 28.6 Å². The predicted octanol–water partition coefficient (Wildman–Crippen LogP) is 5.12. The number of hydrogen-bond acceptors (Lipinski definition) is 6. The molecular formula is C26H31NO6. The number of unbranched alkanes of at least 4 members (excludes halogenated alkanes) is 1. The maximum Gasteiger partial charge on any atom is 0.335 e. The molecule has 1 atom stereocenters. The summed E-state index contributed by atoms with van der Waals surface area (Å²) in [6.07, 6.45) is 4.02. The molecule has 3 rings (SSSR count). The topological polar surface area (TPSA) is 82.1 Å². The lowest BCUT2D eigenvalue weighted by Gasteiger charge is -2.31. The average Bonchev–Trinajstić information content (AvgIpc) is 2.81. The zero-order valence-corrected chi connectivity index (χ0v) is 19.7. The Kier molecular flexibility index (Phi) is 7.74. The fourth-order valence-corrected chi connectivity index (χ4v) is 4.07. The van der Waals surface area contributed by atoms with E-state index >= 15 is 0 Å². The Bertz CT molecular complexity index is 1070. The van der Waals surface area contributed by atoms with Crippen LogP contribution in [0.2, 0.25) is 0 Å². The van der Waals surface area contributed by atoms with Crippen LogP contribution in [0.4, 0.5) is 0 Å². The lowest BCUT2D eigenvalue weighted by atomic mass is 9.91. The highest BCUT2D eigenvalue weighted by Gasteiger charge is 2.35. The Morgan fingerprint density at radius 1 is 1.03 bits per heavy atom. The van der Waals surface area contributed by atoms with Crippen LogP contribution in [0.1, 0.15) is 67.2 Å². The second-order valence-electron chi connectivity index (χ2n) is 8.29. The molecule has 0 aliphatic carbocycles. The number of esters is 1. The van der Waals surface area contributed by atoms with Gasteiger partial charge in [-0.1, -0.05) is 39.7 Å². The van der Waals surface area contributed by atoms with E-state index in [9.17, 15) is 14.4 Å². The van der Waals surface area contributed by atoms with E-state index < -0.39 is 5.97 Å². The molecule has 0 aromatic heterocycles. The first-order chi connectivity index (χ1) is 15.8. The van der Waals surface area contributed by atoms with E-state index in [1.807, 2.05) is 0 Å². The highest BCUT2D eigenvalue weighted by atomic mass is 16.7. The van der Waals surface area contributed by atoms with E-state index in [-0.39, 0.29) is 30.1 Å². The van der Waals surface area contributed by atoms with Crippen LogP contribution < -0.4 is 9.47 Å². The Balaban J connectivity index is 1.99. The van der Waals surface area contributed by atoms with Gasteiger partial charge in [-0.25, -0.2) is 4.79 Å². The first-order valence-electron chi connectivity index (χ1n) is 11.3. The fourth-order valence-electron chi connectivity index (χ4n) is 4.07. The fraction of sp³-hybridized carbons (Fsp3) is 0.423. The van der Waals surface area contributed by atoms with Gasteiger partial charge in [0.2, 0.25) is 6.79 Å². The number of amides is 2. The molecule has 7 heteroatoms. The summed E-state index contributed by atoms with van der Waals surface area (Å²) >= 11 is 0. The van der Waals surface area contributed by atoms with E-state index in [1.54, 1.807) is 31.2 Å². The van der Waals surface area contributed by atoms with Gasteiger partial charge in [-0.2, -0.15) is 0 Å². The van der Waals surface area contributed by atoms with E-state index in [0.29, 0.717) is 39.9 Å². The Morgan fingerprint density at radius 3 is 2.21 bits per heavy atom. The summed E-state index contributed by atoms with van der Waals surface area (Å²) in [6, 6.07) is 6.66. The van der Waals surface area contributed by atoms with Crippen molar-refractivity contribution in [3.05, 3.63) is 47.5 Å². The summed E-state index contributed by atoms with van der Waals surface area (Å²) in [6.45, 7) is 9.36. The van der Waals surface area contributed by atoms with Crippen LogP contribution in [-0.2, 0) is 9.53 Å². The number of carbonyl (C=O) groups excluding carboxylic acids is 3. The van der Waals surface area contributed by atoms with E-state index in [2.05, 4.69) is 20.4 Å². The molecule has 2 aromatic carbocycles. The van der Waals surface area contributed by atoms with Crippen molar-refractivity contribution in [2.45, 2.75) is 46.5 Å². The zero-order chi connectivity index (χ0) is 24.1. The highest BCUT2D eigenvalue weighted by molar-refractivity contribution is 6.26. The van der Waals surface area contributed by atoms with Crippen molar-refractivity contribution in [1.29, 1.82) is 0 Å². The van der Waals surface area contributed by atoms with Crippen molar-refractivity contribution < 1.29 is 28.6 Å². The van der Waals surface area contributed by atoms with Crippen LogP contribution in [0.3, 0.4) is 0 Å². The molecule has 0 fully saturated rings. The summed E-state index contributed by atoms with van der Waals surface area (Å²) in [5, 5.41) is 0.990. The predicted molar refractivity (Wildman–Crippen MR) is 126 cm³/mol. The first kappa shape index (κ1) is 24.3. The third-order valence-electron chi connectivity index (χ3n) is 5.99. The van der Waals surface area contributed by atoms with Gasteiger partial charge in [-0.3, -0.25) is 14.5 Å². The van der Waals surface area contributed by atoms with E-state index in [1.165, 1.54) is 12.0 Å². The standard InChI is InChI=1S/C26H31NO6/c1-6-8-9-17(7-2)14-27-24(28)18-10-12-20(31-5)23-21(32-15-33-26(30)16(3)4)13-11-19(22(18)23)25(27)29/h10-13,17H,3,6-9,14-15H2,1-2,4-5H3. The van der Waals surface area contributed by atoms with E-state index in [0.717, 1.165) is 25.7 Å². The number of imide groups is 1. The van der Waals surface area contributed by atoms with Crippen LogP contribution in [0.15, 0.2) is 36.4 Å². The largest absolute Gasteiger partial charge is 0.496 e. The molecule has 2 aromatic rings. The number of ether oxygens (including phenoxy) is 3. The molecule has 176 valence electrons. The van der Waals surface area contributed by atoms with Gasteiger partial charge in [0.15, 0.2) is 0 Å². The molecule has 1 aliphatic rings. The number of benzene rings is 2. The van der Waals surface area contributed by atoms with Crippen LogP contribution in [0.5, 0.6) is 11.5 Å². The third kappa shape index (κ3) is 4.87. The Labute approximate surface area is 194 Å². The Hall–Kier alpha value is -3.35. The second kappa shape index (κ2) is 10.5. The summed E-state index contributed by atoms with van der Waals surface area (Å²) in [5.74, 6) is -0.134. The summed E-state index contributed by atoms with van der Waals surface area (Å²) < 4.78 is 16.2. The number of nitrogens with zero attached hydrogens (tertiary/aromatic N) is 1. The average molecular weight is 454 g/mol. The monoisotopic (exact) mass is 453 g/mol. The van der Waals surface area contributed by atoms with Crippen LogP contribution in [0, 0.1) is 5.92 Å². The molecule has 33 heavy (non-hydrogen) atoms. The van der Waals surface area contributed by atoms with Crippen LogP contribution >= 0.6 is 0 Å². The SMILES string of the molecule is C=C(C)C(=O)OCOc1ccc2c3c(ccc(OC)c13)C(=O)N(CC(CC)CCCC)C2=O. The summed E-state index contributed by atoms with van der Waals surface area (Å²) in [4.78, 5) is 39.8. The minimum Gasteiger partial charge on any atom is -0.496 e. The van der Waals surface area contributed by atoms with Crippen molar-refractivity contribution in [1.82, 2.24) is 4.90 Å². The van der Waals surface area contributed by atoms with E-state index in [4.69, 9.17) is 14.2 Å². The van der Waals surface area contributed by atoms with Crippen molar-refractivity contribution in [3.63, 3.8) is 0 Å². The zero-order valence-electron chi connectivity index (χ0n) is 19.7. The van der Waals surface area contributed by atoms with Gasteiger partial charge in [0, 0.05) is 28.6 Å². The molecule has 0 spiro atoms. The Morgan fingerprint density at radius 2 is 1.67 bits per heavy atom. The van der Waals surface area contributed by atoms with Gasteiger partial charge in [-0.15, -0.1) is 0 Å². The van der Waals surface area contributed by atoms with Gasteiger partial charge in [-0.05, 0) is 43.5 Å². The normalized spacial score (nSPS) is 13.8. The minimum absolute atomic E-state index is 0.258. The van der Waals surface area contributed by atoms with Gasteiger partial charge in [0.05, 0.1) is 12.5 Å². The lowest BCUT2D eigenvalue weighted by molar-refractivity contribution is -0.145. The van der Waals surface area contributed by atoms with Crippen molar-refractivity contribution in [3.8, 4) is 11.5 Å². The summed E-state index contributed by atoms with van der Waals surface area (Å²) in [7, 11) is 1.51. The number of hydrogen-bond donors (Lipinski definition) is 0. The van der Waals surface area contributed by atoms with Gasteiger partial charge >= 0.3 is 5.97 Å². The quantitative estimate of drug-likeness (QED) is 0.203. The second-order valence-corrected chi connectivity index (χ2v) is 8.29. The number of methoxy groups -OCH3 is 1. The molecule has 2 amide bonds. The maximum absolute atomic E-state index is 13.4. The highest BCUT2D eigenvalue weighted by Crippen LogP contribution is 2.41. The molecule has 0 N–H and O–H groups in total. The van der Waals surface area contributed by atoms with Gasteiger partial charge in [0.1, 0.15) is 11.5 Å². The van der Waals surface area contributed by atoms with Crippen molar-refractivity contribution in [2.24, 2.45) is 5.92 Å².